The fourth-order valence-electron chi connectivity index (χ4n) is 6.57. The Hall–Kier alpha value is -3.79. The molecule has 2 bridgehead atoms. The van der Waals surface area contributed by atoms with Crippen molar-refractivity contribution in [3.63, 3.8) is 0 Å². The summed E-state index contributed by atoms with van der Waals surface area (Å²) in [5, 5.41) is 14.4. The third kappa shape index (κ3) is 4.16. The number of imide groups is 1. The first-order valence-corrected chi connectivity index (χ1v) is 14.0. The molecule has 3 aromatic rings. The molecule has 2 aromatic carbocycles. The molecule has 0 radical (unpaired) electrons. The van der Waals surface area contributed by atoms with Gasteiger partial charge in [-0.25, -0.2) is 0 Å². The van der Waals surface area contributed by atoms with Crippen LogP contribution in [-0.4, -0.2) is 69.6 Å². The second kappa shape index (κ2) is 9.69. The number of aliphatic hydroxyl groups is 1. The second-order valence-corrected chi connectivity index (χ2v) is 11.4. The highest BCUT2D eigenvalue weighted by atomic mass is 35.5. The van der Waals surface area contributed by atoms with Crippen molar-refractivity contribution >= 4 is 40.5 Å². The number of carbonyl (C=O) groups is 2. The highest BCUT2D eigenvalue weighted by Gasteiger charge is 2.47. The van der Waals surface area contributed by atoms with Crippen LogP contribution in [0, 0.1) is 5.92 Å². The third-order valence-corrected chi connectivity index (χ3v) is 8.89. The first-order chi connectivity index (χ1) is 19.4. The number of nitrogens with zero attached hydrogens (tertiary/aromatic N) is 3. The molecule has 2 atom stereocenters. The molecule has 6 heterocycles. The van der Waals surface area contributed by atoms with Crippen molar-refractivity contribution in [2.24, 2.45) is 10.9 Å². The number of aromatic nitrogens is 1. The van der Waals surface area contributed by atoms with Crippen molar-refractivity contribution in [3.05, 3.63) is 91.9 Å². The van der Waals surface area contributed by atoms with E-state index in [0.717, 1.165) is 38.0 Å². The standard InChI is InChI=1S/C30H28ClN5O4/c31-19-3-1-2-17(10-19)26(37)14-33-22-4-7-32-28(38)27(22)24-12-18-11-20-21(13-23(18)34-24)30(40)36(29(20)39)25-15-35-8-5-16(25)6-9-35/h1-4,7,10-11,13,16,25-26,37H,5-6,8-9,12,14-15H2,(H2,32,33,38)/t25-,26+/m0/s1. The third-order valence-electron chi connectivity index (χ3n) is 8.65. The number of hydrogen-bond acceptors (Lipinski definition) is 7. The lowest BCUT2D eigenvalue weighted by Gasteiger charge is -2.47. The lowest BCUT2D eigenvalue weighted by molar-refractivity contribution is 0.0120. The van der Waals surface area contributed by atoms with E-state index in [9.17, 15) is 19.5 Å². The largest absolute Gasteiger partial charge is 0.387 e. The van der Waals surface area contributed by atoms with Gasteiger partial charge >= 0.3 is 0 Å². The predicted octanol–water partition coefficient (Wildman–Crippen LogP) is 3.54. The molecule has 3 N–H and O–H groups in total. The molecular weight excluding hydrogens is 530 g/mol. The van der Waals surface area contributed by atoms with Crippen molar-refractivity contribution in [2.75, 3.05) is 31.5 Å². The number of piperidine rings is 3. The Morgan fingerprint density at radius 3 is 2.58 bits per heavy atom. The molecule has 5 aliphatic rings. The van der Waals surface area contributed by atoms with E-state index in [1.165, 1.54) is 11.1 Å². The van der Waals surface area contributed by atoms with E-state index in [1.807, 2.05) is 0 Å². The summed E-state index contributed by atoms with van der Waals surface area (Å²) in [5.41, 5.74) is 3.98. The summed E-state index contributed by atoms with van der Waals surface area (Å²) in [7, 11) is 0. The van der Waals surface area contributed by atoms with E-state index in [-0.39, 0.29) is 30.0 Å². The van der Waals surface area contributed by atoms with E-state index < -0.39 is 6.10 Å². The summed E-state index contributed by atoms with van der Waals surface area (Å²) >= 11 is 6.06. The quantitative estimate of drug-likeness (QED) is 0.399. The molecule has 0 aliphatic carbocycles. The molecular formula is C30H28ClN5O4. The topological polar surface area (TPSA) is 118 Å². The Morgan fingerprint density at radius 1 is 1.07 bits per heavy atom. The summed E-state index contributed by atoms with van der Waals surface area (Å²) in [6.45, 7) is 2.97. The van der Waals surface area contributed by atoms with E-state index in [0.29, 0.717) is 56.7 Å². The van der Waals surface area contributed by atoms with Gasteiger partial charge in [0.25, 0.3) is 17.4 Å². The van der Waals surface area contributed by atoms with Crippen molar-refractivity contribution in [1.82, 2.24) is 14.8 Å². The fraction of sp³-hybridized carbons (Fsp3) is 0.333. The van der Waals surface area contributed by atoms with Gasteiger partial charge in [-0.1, -0.05) is 23.7 Å². The molecule has 40 heavy (non-hydrogen) atoms. The zero-order valence-corrected chi connectivity index (χ0v) is 22.4. The Morgan fingerprint density at radius 2 is 1.85 bits per heavy atom. The van der Waals surface area contributed by atoms with E-state index in [4.69, 9.17) is 16.6 Å². The zero-order valence-electron chi connectivity index (χ0n) is 21.7. The monoisotopic (exact) mass is 557 g/mol. The molecule has 3 fully saturated rings. The summed E-state index contributed by atoms with van der Waals surface area (Å²) < 4.78 is 0. The van der Waals surface area contributed by atoms with Crippen molar-refractivity contribution < 1.29 is 14.7 Å². The molecule has 1 aromatic heterocycles. The number of hydrogen-bond donors (Lipinski definition) is 3. The van der Waals surface area contributed by atoms with E-state index in [2.05, 4.69) is 15.2 Å². The molecule has 0 unspecified atom stereocenters. The second-order valence-electron chi connectivity index (χ2n) is 11.0. The average molecular weight is 558 g/mol. The number of rotatable bonds is 6. The summed E-state index contributed by atoms with van der Waals surface area (Å²) in [5.74, 6) is -0.123. The summed E-state index contributed by atoms with van der Waals surface area (Å²) in [6.07, 6.45) is 3.08. The van der Waals surface area contributed by atoms with Crippen LogP contribution in [0.15, 0.2) is 58.4 Å². The molecule has 10 heteroatoms. The van der Waals surface area contributed by atoms with Gasteiger partial charge in [-0.3, -0.25) is 24.3 Å². The van der Waals surface area contributed by atoms with Crippen molar-refractivity contribution in [2.45, 2.75) is 31.4 Å². The van der Waals surface area contributed by atoms with Crippen molar-refractivity contribution in [3.8, 4) is 0 Å². The van der Waals surface area contributed by atoms with Gasteiger partial charge in [0.15, 0.2) is 0 Å². The number of benzene rings is 2. The maximum absolute atomic E-state index is 13.5. The highest BCUT2D eigenvalue weighted by Crippen LogP contribution is 2.39. The number of pyridine rings is 1. The van der Waals surface area contributed by atoms with Crippen LogP contribution in [0.1, 0.15) is 56.4 Å². The van der Waals surface area contributed by atoms with Gasteiger partial charge in [-0.2, -0.15) is 0 Å². The van der Waals surface area contributed by atoms with E-state index >= 15 is 0 Å². The Bertz CT molecular complexity index is 1640. The lowest BCUT2D eigenvalue weighted by atomic mass is 9.83. The van der Waals surface area contributed by atoms with Gasteiger partial charge in [-0.05, 0) is 73.3 Å². The molecule has 9 nitrogen and oxygen atoms in total. The minimum atomic E-state index is -0.840. The van der Waals surface area contributed by atoms with Gasteiger partial charge in [0.2, 0.25) is 0 Å². The predicted molar refractivity (Wildman–Crippen MR) is 152 cm³/mol. The Balaban J connectivity index is 1.15. The number of nitrogens with one attached hydrogen (secondary N) is 2. The number of anilines is 1. The number of amides is 2. The van der Waals surface area contributed by atoms with Crippen LogP contribution >= 0.6 is 11.6 Å². The van der Waals surface area contributed by atoms with Crippen LogP contribution in [-0.2, 0) is 6.42 Å². The van der Waals surface area contributed by atoms with Gasteiger partial charge in [0, 0.05) is 30.7 Å². The van der Waals surface area contributed by atoms with Crippen LogP contribution < -0.4 is 10.9 Å². The Kier molecular flexibility index (Phi) is 6.10. The number of aromatic amines is 1. The van der Waals surface area contributed by atoms with E-state index in [1.54, 1.807) is 42.5 Å². The molecule has 5 aliphatic heterocycles. The zero-order chi connectivity index (χ0) is 27.5. The maximum atomic E-state index is 13.5. The molecule has 0 spiro atoms. The summed E-state index contributed by atoms with van der Waals surface area (Å²) in [6, 6.07) is 12.1. The van der Waals surface area contributed by atoms with Crippen LogP contribution in [0.3, 0.4) is 0 Å². The number of carbonyl (C=O) groups excluding carboxylic acids is 2. The molecule has 8 rings (SSSR count). The van der Waals surface area contributed by atoms with Gasteiger partial charge in [0.1, 0.15) is 0 Å². The number of H-pyrrole nitrogens is 1. The SMILES string of the molecule is O=C1c2cc3c(cc2C(=O)N1[C@H]1CN2CCC1CC2)N=C(c1c(NC[C@@H](O)c2cccc(Cl)c2)cc[nH]c1=O)C3. The smallest absolute Gasteiger partial charge is 0.261 e. The maximum Gasteiger partial charge on any atom is 0.261 e. The summed E-state index contributed by atoms with van der Waals surface area (Å²) in [4.78, 5) is 51.2. The fourth-order valence-corrected chi connectivity index (χ4v) is 6.77. The highest BCUT2D eigenvalue weighted by molar-refractivity contribution is 6.30. The minimum Gasteiger partial charge on any atom is -0.387 e. The molecule has 2 amide bonds. The molecule has 0 saturated carbocycles. The molecule has 204 valence electrons. The number of aliphatic hydroxyl groups excluding tert-OH is 1. The van der Waals surface area contributed by atoms with Gasteiger partial charge in [-0.15, -0.1) is 0 Å². The van der Waals surface area contributed by atoms with Crippen LogP contribution in [0.25, 0.3) is 0 Å². The van der Waals surface area contributed by atoms with Crippen molar-refractivity contribution in [1.29, 1.82) is 0 Å². The normalized spacial score (nSPS) is 23.7. The minimum absolute atomic E-state index is 0.0809. The number of fused-ring (bicyclic) bond motifs is 5. The van der Waals surface area contributed by atoms with Crippen LogP contribution in [0.2, 0.25) is 5.02 Å². The average Bonchev–Trinajstić information content (AvgIpc) is 3.48. The van der Waals surface area contributed by atoms with Gasteiger partial charge < -0.3 is 20.3 Å². The Labute approximate surface area is 235 Å². The first kappa shape index (κ1) is 25.2. The van der Waals surface area contributed by atoms with Gasteiger partial charge in [0.05, 0.1) is 45.9 Å². The van der Waals surface area contributed by atoms with Crippen LogP contribution in [0.5, 0.6) is 0 Å². The lowest BCUT2D eigenvalue weighted by Crippen LogP contribution is -2.58. The number of aliphatic imine (C=N–C) groups is 1. The molecule has 3 saturated heterocycles. The number of halogens is 1. The van der Waals surface area contributed by atoms with Crippen LogP contribution in [0.4, 0.5) is 11.4 Å². The first-order valence-electron chi connectivity index (χ1n) is 13.6.